The van der Waals surface area contributed by atoms with E-state index in [-0.39, 0.29) is 44.1 Å². The van der Waals surface area contributed by atoms with Crippen LogP contribution >= 0.6 is 11.6 Å². The molecule has 16 heavy (non-hydrogen) atoms. The van der Waals surface area contributed by atoms with E-state index in [9.17, 15) is 14.4 Å². The number of carbonyl (C=O) groups excluding carboxylic acids is 2. The molecule has 6 nitrogen and oxygen atoms in total. The number of aliphatic carboxylic acids is 1. The molecule has 0 rings (SSSR count). The van der Waals surface area contributed by atoms with Crippen molar-refractivity contribution in [3.8, 4) is 0 Å². The summed E-state index contributed by atoms with van der Waals surface area (Å²) in [5.41, 5.74) is 0. The Bertz CT molecular complexity index is 256. The van der Waals surface area contributed by atoms with Crippen LogP contribution in [0.2, 0.25) is 0 Å². The maximum absolute atomic E-state index is 11.1. The van der Waals surface area contributed by atoms with E-state index in [2.05, 4.69) is 10.1 Å². The summed E-state index contributed by atoms with van der Waals surface area (Å²) in [6.45, 7) is -0.0681. The second-order valence-electron chi connectivity index (χ2n) is 2.96. The van der Waals surface area contributed by atoms with Crippen molar-refractivity contribution in [2.24, 2.45) is 0 Å². The molecule has 0 aliphatic heterocycles. The Morgan fingerprint density at radius 2 is 1.94 bits per heavy atom. The van der Waals surface area contributed by atoms with E-state index in [4.69, 9.17) is 16.7 Å². The van der Waals surface area contributed by atoms with Crippen molar-refractivity contribution in [3.05, 3.63) is 0 Å². The minimum atomic E-state index is -0.942. The smallest absolute Gasteiger partial charge is 0.407 e. The fourth-order valence-electron chi connectivity index (χ4n) is 0.878. The quantitative estimate of drug-likeness (QED) is 0.622. The van der Waals surface area contributed by atoms with E-state index in [0.29, 0.717) is 0 Å². The van der Waals surface area contributed by atoms with Crippen LogP contribution in [0, 0.1) is 0 Å². The Kier molecular flexibility index (Phi) is 8.24. The van der Waals surface area contributed by atoms with Crippen LogP contribution < -0.4 is 5.32 Å². The Balaban J connectivity index is 3.49. The molecule has 7 heteroatoms. The number of hydrogen-bond acceptors (Lipinski definition) is 4. The average molecular weight is 252 g/mol. The van der Waals surface area contributed by atoms with Gasteiger partial charge in [0.2, 0.25) is 0 Å². The molecule has 0 aromatic carbocycles. The highest BCUT2D eigenvalue weighted by Gasteiger charge is 2.07. The summed E-state index contributed by atoms with van der Waals surface area (Å²) in [5, 5.41) is 10.6. The summed E-state index contributed by atoms with van der Waals surface area (Å²) in [5.74, 6) is -0.980. The number of alkyl halides is 1. The van der Waals surface area contributed by atoms with Gasteiger partial charge in [-0.2, -0.15) is 0 Å². The first kappa shape index (κ1) is 14.7. The number of Topliss-reactive ketones (excluding diaryl/α,β-unsaturated/α-hetero) is 1. The highest BCUT2D eigenvalue weighted by Crippen LogP contribution is 1.95. The number of alkyl carbamates (subject to hydrolysis) is 1. The van der Waals surface area contributed by atoms with Crippen LogP contribution in [0.1, 0.15) is 19.3 Å². The van der Waals surface area contributed by atoms with Gasteiger partial charge in [0.25, 0.3) is 0 Å². The van der Waals surface area contributed by atoms with E-state index >= 15 is 0 Å². The van der Waals surface area contributed by atoms with Crippen molar-refractivity contribution in [1.29, 1.82) is 0 Å². The van der Waals surface area contributed by atoms with Crippen LogP contribution in [0.4, 0.5) is 4.79 Å². The number of ether oxygens (including phenoxy) is 1. The van der Waals surface area contributed by atoms with E-state index in [1.165, 1.54) is 0 Å². The van der Waals surface area contributed by atoms with Crippen molar-refractivity contribution < 1.29 is 24.2 Å². The number of amides is 1. The highest BCUT2D eigenvalue weighted by molar-refractivity contribution is 6.18. The molecule has 0 aromatic rings. The molecule has 92 valence electrons. The van der Waals surface area contributed by atoms with Gasteiger partial charge in [-0.05, 0) is 6.42 Å². The third-order valence-electron chi connectivity index (χ3n) is 1.59. The Morgan fingerprint density at radius 1 is 1.25 bits per heavy atom. The molecule has 0 bridgehead atoms. The van der Waals surface area contributed by atoms with Gasteiger partial charge < -0.3 is 15.2 Å². The predicted octanol–water partition coefficient (Wildman–Crippen LogP) is 0.775. The third-order valence-corrected chi connectivity index (χ3v) is 1.74. The highest BCUT2D eigenvalue weighted by atomic mass is 35.5. The summed E-state index contributed by atoms with van der Waals surface area (Å²) < 4.78 is 4.56. The summed E-state index contributed by atoms with van der Waals surface area (Å²) in [7, 11) is 0. The standard InChI is InChI=1S/C9H14ClNO5/c10-4-5-16-9(15)11-6-7(12)2-1-3-8(13)14/h1-6H2,(H,11,15)(H,13,14). The number of rotatable bonds is 8. The fourth-order valence-corrected chi connectivity index (χ4v) is 0.955. The van der Waals surface area contributed by atoms with Gasteiger partial charge in [0.1, 0.15) is 6.61 Å². The second-order valence-corrected chi connectivity index (χ2v) is 3.34. The minimum absolute atomic E-state index is 0.0531. The Labute approximate surface area is 97.9 Å². The first-order valence-electron chi connectivity index (χ1n) is 4.76. The second kappa shape index (κ2) is 8.96. The number of hydrogen-bond donors (Lipinski definition) is 2. The van der Waals surface area contributed by atoms with E-state index < -0.39 is 12.1 Å². The molecule has 2 N–H and O–H groups in total. The lowest BCUT2D eigenvalue weighted by atomic mass is 10.2. The number of nitrogens with one attached hydrogen (secondary N) is 1. The lowest BCUT2D eigenvalue weighted by Gasteiger charge is -2.04. The van der Waals surface area contributed by atoms with Gasteiger partial charge >= 0.3 is 12.1 Å². The van der Waals surface area contributed by atoms with Crippen molar-refractivity contribution in [2.75, 3.05) is 19.0 Å². The largest absolute Gasteiger partial charge is 0.481 e. The molecule has 0 fully saturated rings. The molecule has 0 heterocycles. The number of ketones is 1. The Hall–Kier alpha value is -1.30. The van der Waals surface area contributed by atoms with Gasteiger partial charge in [-0.3, -0.25) is 9.59 Å². The molecule has 0 aromatic heterocycles. The van der Waals surface area contributed by atoms with Crippen LogP contribution in [0.3, 0.4) is 0 Å². The minimum Gasteiger partial charge on any atom is -0.481 e. The number of carboxylic acid groups (broad SMARTS) is 1. The molecule has 0 atom stereocenters. The monoisotopic (exact) mass is 251 g/mol. The molecule has 0 aliphatic carbocycles. The number of carboxylic acids is 1. The molecular weight excluding hydrogens is 238 g/mol. The molecule has 0 unspecified atom stereocenters. The van der Waals surface area contributed by atoms with Crippen LogP contribution in [0.5, 0.6) is 0 Å². The van der Waals surface area contributed by atoms with Crippen molar-refractivity contribution in [2.45, 2.75) is 19.3 Å². The summed E-state index contributed by atoms with van der Waals surface area (Å²) >= 11 is 5.28. The van der Waals surface area contributed by atoms with Crippen LogP contribution in [0.15, 0.2) is 0 Å². The first-order chi connectivity index (χ1) is 7.56. The van der Waals surface area contributed by atoms with E-state index in [0.717, 1.165) is 0 Å². The van der Waals surface area contributed by atoms with Gasteiger partial charge in [0.05, 0.1) is 12.4 Å². The van der Waals surface area contributed by atoms with Crippen molar-refractivity contribution in [3.63, 3.8) is 0 Å². The topological polar surface area (TPSA) is 92.7 Å². The predicted molar refractivity (Wildman–Crippen MR) is 56.6 cm³/mol. The first-order valence-corrected chi connectivity index (χ1v) is 5.29. The third kappa shape index (κ3) is 9.26. The van der Waals surface area contributed by atoms with Gasteiger partial charge in [0.15, 0.2) is 5.78 Å². The zero-order valence-electron chi connectivity index (χ0n) is 8.70. The van der Waals surface area contributed by atoms with Crippen LogP contribution in [-0.2, 0) is 14.3 Å². The number of carbonyl (C=O) groups is 3. The van der Waals surface area contributed by atoms with Crippen LogP contribution in [0.25, 0.3) is 0 Å². The number of halogens is 1. The van der Waals surface area contributed by atoms with E-state index in [1.54, 1.807) is 0 Å². The maximum atomic E-state index is 11.1. The lowest BCUT2D eigenvalue weighted by Crippen LogP contribution is -2.30. The summed E-state index contributed by atoms with van der Waals surface area (Å²) in [6, 6.07) is 0. The maximum Gasteiger partial charge on any atom is 0.407 e. The molecule has 0 saturated heterocycles. The van der Waals surface area contributed by atoms with Gasteiger partial charge in [-0.15, -0.1) is 11.6 Å². The van der Waals surface area contributed by atoms with Gasteiger partial charge in [0, 0.05) is 12.8 Å². The normalized spacial score (nSPS) is 9.56. The van der Waals surface area contributed by atoms with Gasteiger partial charge in [-0.25, -0.2) is 4.79 Å². The Morgan fingerprint density at radius 3 is 2.50 bits per heavy atom. The summed E-state index contributed by atoms with van der Waals surface area (Å²) in [4.78, 5) is 32.1. The average Bonchev–Trinajstić information content (AvgIpc) is 2.23. The van der Waals surface area contributed by atoms with Crippen molar-refractivity contribution >= 4 is 29.4 Å². The van der Waals surface area contributed by atoms with Gasteiger partial charge in [-0.1, -0.05) is 0 Å². The zero-order chi connectivity index (χ0) is 12.4. The fraction of sp³-hybridized carbons (Fsp3) is 0.667. The van der Waals surface area contributed by atoms with E-state index in [1.807, 2.05) is 0 Å². The molecular formula is C9H14ClNO5. The van der Waals surface area contributed by atoms with Crippen LogP contribution in [-0.4, -0.2) is 42.0 Å². The molecule has 1 amide bonds. The molecule has 0 spiro atoms. The SMILES string of the molecule is O=C(O)CCCC(=O)CNC(=O)OCCCl. The molecule has 0 radical (unpaired) electrons. The summed E-state index contributed by atoms with van der Waals surface area (Å²) in [6.07, 6.45) is -0.357. The lowest BCUT2D eigenvalue weighted by molar-refractivity contribution is -0.137. The molecule has 0 aliphatic rings. The van der Waals surface area contributed by atoms with Crippen molar-refractivity contribution in [1.82, 2.24) is 5.32 Å². The zero-order valence-corrected chi connectivity index (χ0v) is 9.46. The molecule has 0 saturated carbocycles.